The number of amides is 1. The Labute approximate surface area is 197 Å². The van der Waals surface area contributed by atoms with Gasteiger partial charge in [-0.2, -0.15) is 5.26 Å². The summed E-state index contributed by atoms with van der Waals surface area (Å²) in [6.45, 7) is 1.17. The second-order valence-corrected chi connectivity index (χ2v) is 8.40. The number of anilines is 1. The van der Waals surface area contributed by atoms with Gasteiger partial charge in [0.25, 0.3) is 5.91 Å². The Morgan fingerprint density at radius 1 is 1.21 bits per heavy atom. The van der Waals surface area contributed by atoms with Gasteiger partial charge in [0.15, 0.2) is 0 Å². The smallest absolute Gasteiger partial charge is 0.255 e. The van der Waals surface area contributed by atoms with Crippen LogP contribution in [0.25, 0.3) is 0 Å². The lowest BCUT2D eigenvalue weighted by molar-refractivity contribution is 0.0196. The summed E-state index contributed by atoms with van der Waals surface area (Å²) in [6, 6.07) is 18.2. The number of carbonyl (C=O) groups is 1. The summed E-state index contributed by atoms with van der Waals surface area (Å²) in [5.41, 5.74) is 8.94. The first-order valence-corrected chi connectivity index (χ1v) is 11.0. The van der Waals surface area contributed by atoms with E-state index in [-0.39, 0.29) is 24.6 Å². The molecule has 1 saturated heterocycles. The summed E-state index contributed by atoms with van der Waals surface area (Å²) < 4.78 is 0. The number of rotatable bonds is 5. The third-order valence-electron chi connectivity index (χ3n) is 5.90. The van der Waals surface area contributed by atoms with Gasteiger partial charge in [-0.1, -0.05) is 41.9 Å². The van der Waals surface area contributed by atoms with E-state index in [4.69, 9.17) is 17.3 Å². The number of pyridine rings is 1. The van der Waals surface area contributed by atoms with Gasteiger partial charge in [0.05, 0.1) is 41.6 Å². The number of nitrogen functional groups attached to an aromatic ring is 1. The van der Waals surface area contributed by atoms with Gasteiger partial charge in [0.2, 0.25) is 0 Å². The summed E-state index contributed by atoms with van der Waals surface area (Å²) in [4.78, 5) is 20.9. The molecule has 2 atom stereocenters. The minimum Gasteiger partial charge on any atom is -0.397 e. The normalized spacial score (nSPS) is 17.4. The zero-order chi connectivity index (χ0) is 23.4. The van der Waals surface area contributed by atoms with E-state index in [1.807, 2.05) is 30.3 Å². The summed E-state index contributed by atoms with van der Waals surface area (Å²) in [5, 5.41) is 20.3. The largest absolute Gasteiger partial charge is 0.397 e. The van der Waals surface area contributed by atoms with Crippen LogP contribution in [0.2, 0.25) is 5.02 Å². The van der Waals surface area contributed by atoms with E-state index in [2.05, 4.69) is 16.0 Å². The molecule has 7 nitrogen and oxygen atoms in total. The zero-order valence-electron chi connectivity index (χ0n) is 17.9. The molecule has 0 radical (unpaired) electrons. The molecular formula is C25H24ClN5O2. The molecule has 1 unspecified atom stereocenters. The SMILES string of the molecule is N#Cc1ccc(Cl)c(C(c2ccccc2)N2CCN(C(=O)c3cncc(N)c3)C[C@H]2CO)c1. The van der Waals surface area contributed by atoms with Crippen LogP contribution in [-0.4, -0.2) is 58.1 Å². The van der Waals surface area contributed by atoms with Gasteiger partial charge in [0, 0.05) is 37.1 Å². The fraction of sp³-hybridized carbons (Fsp3) is 0.240. The maximum Gasteiger partial charge on any atom is 0.255 e. The lowest BCUT2D eigenvalue weighted by atomic mass is 9.93. The standard InChI is InChI=1S/C25H24ClN5O2/c26-23-7-6-17(12-27)10-22(23)24(18-4-2-1-3-5-18)31-9-8-30(15-21(31)16-32)25(33)19-11-20(28)14-29-13-19/h1-7,10-11,13-14,21,24,32H,8-9,15-16,28H2/t21-,24?/m0/s1. The number of aliphatic hydroxyl groups is 1. The highest BCUT2D eigenvalue weighted by Gasteiger charge is 2.36. The van der Waals surface area contributed by atoms with Crippen molar-refractivity contribution in [2.75, 3.05) is 32.0 Å². The third-order valence-corrected chi connectivity index (χ3v) is 6.24. The first-order chi connectivity index (χ1) is 16.0. The summed E-state index contributed by atoms with van der Waals surface area (Å²) >= 11 is 6.60. The van der Waals surface area contributed by atoms with Crippen molar-refractivity contribution >= 4 is 23.2 Å². The number of nitrogens with zero attached hydrogens (tertiary/aromatic N) is 4. The highest BCUT2D eigenvalue weighted by Crippen LogP contribution is 2.36. The number of nitriles is 1. The summed E-state index contributed by atoms with van der Waals surface area (Å²) in [6.07, 6.45) is 2.99. The molecule has 1 fully saturated rings. The Morgan fingerprint density at radius 3 is 2.70 bits per heavy atom. The predicted molar refractivity (Wildman–Crippen MR) is 127 cm³/mol. The van der Waals surface area contributed by atoms with Gasteiger partial charge in [-0.25, -0.2) is 0 Å². The molecular weight excluding hydrogens is 438 g/mol. The number of aliphatic hydroxyl groups excluding tert-OH is 1. The van der Waals surface area contributed by atoms with Crippen LogP contribution >= 0.6 is 11.6 Å². The van der Waals surface area contributed by atoms with Gasteiger partial charge in [0.1, 0.15) is 0 Å². The van der Waals surface area contributed by atoms with Gasteiger partial charge >= 0.3 is 0 Å². The van der Waals surface area contributed by atoms with Crippen LogP contribution in [-0.2, 0) is 0 Å². The Morgan fingerprint density at radius 2 is 2.00 bits per heavy atom. The third kappa shape index (κ3) is 4.83. The molecule has 3 aromatic rings. The molecule has 0 aliphatic carbocycles. The van der Waals surface area contributed by atoms with Crippen molar-refractivity contribution in [1.29, 1.82) is 5.26 Å². The molecule has 4 rings (SSSR count). The van der Waals surface area contributed by atoms with Crippen molar-refractivity contribution in [2.45, 2.75) is 12.1 Å². The van der Waals surface area contributed by atoms with E-state index in [1.165, 1.54) is 12.4 Å². The molecule has 1 aliphatic heterocycles. The van der Waals surface area contributed by atoms with Crippen molar-refractivity contribution < 1.29 is 9.90 Å². The molecule has 0 bridgehead atoms. The van der Waals surface area contributed by atoms with Crippen molar-refractivity contribution in [3.05, 3.63) is 94.3 Å². The van der Waals surface area contributed by atoms with Crippen molar-refractivity contribution in [1.82, 2.24) is 14.8 Å². The quantitative estimate of drug-likeness (QED) is 0.604. The van der Waals surface area contributed by atoms with E-state index in [0.717, 1.165) is 11.1 Å². The number of hydrogen-bond donors (Lipinski definition) is 2. The fourth-order valence-electron chi connectivity index (χ4n) is 4.32. The van der Waals surface area contributed by atoms with Crippen LogP contribution in [0.4, 0.5) is 5.69 Å². The molecule has 1 amide bonds. The summed E-state index contributed by atoms with van der Waals surface area (Å²) in [5.74, 6) is -0.173. The van der Waals surface area contributed by atoms with Crippen LogP contribution in [0, 0.1) is 11.3 Å². The van der Waals surface area contributed by atoms with Crippen molar-refractivity contribution in [3.8, 4) is 6.07 Å². The molecule has 2 aromatic carbocycles. The molecule has 0 spiro atoms. The highest BCUT2D eigenvalue weighted by molar-refractivity contribution is 6.31. The number of nitrogens with two attached hydrogens (primary N) is 1. The topological polar surface area (TPSA) is 106 Å². The van der Waals surface area contributed by atoms with Crippen LogP contribution in [0.1, 0.15) is 33.1 Å². The van der Waals surface area contributed by atoms with Crippen LogP contribution in [0.15, 0.2) is 67.0 Å². The first kappa shape index (κ1) is 22.7. The second kappa shape index (κ2) is 10.0. The predicted octanol–water partition coefficient (Wildman–Crippen LogP) is 3.10. The lowest BCUT2D eigenvalue weighted by Gasteiger charge is -2.45. The molecule has 0 saturated carbocycles. The highest BCUT2D eigenvalue weighted by atomic mass is 35.5. The Bertz CT molecular complexity index is 1180. The van der Waals surface area contributed by atoms with E-state index < -0.39 is 0 Å². The zero-order valence-corrected chi connectivity index (χ0v) is 18.7. The molecule has 1 aromatic heterocycles. The van der Waals surface area contributed by atoms with Crippen molar-refractivity contribution in [3.63, 3.8) is 0 Å². The fourth-order valence-corrected chi connectivity index (χ4v) is 4.54. The van der Waals surface area contributed by atoms with Gasteiger partial charge < -0.3 is 15.7 Å². The molecule has 1 aliphatic rings. The molecule has 3 N–H and O–H groups in total. The Balaban J connectivity index is 1.67. The van der Waals surface area contributed by atoms with Crippen LogP contribution in [0.5, 0.6) is 0 Å². The number of benzene rings is 2. The van der Waals surface area contributed by atoms with E-state index in [9.17, 15) is 15.2 Å². The van der Waals surface area contributed by atoms with E-state index in [0.29, 0.717) is 41.5 Å². The molecule has 168 valence electrons. The average Bonchev–Trinajstić information content (AvgIpc) is 2.85. The molecule has 8 heteroatoms. The van der Waals surface area contributed by atoms with Gasteiger partial charge in [-0.05, 0) is 35.4 Å². The lowest BCUT2D eigenvalue weighted by Crippen LogP contribution is -2.57. The van der Waals surface area contributed by atoms with Gasteiger partial charge in [-0.3, -0.25) is 14.7 Å². The minimum absolute atomic E-state index is 0.141. The second-order valence-electron chi connectivity index (χ2n) is 7.99. The van der Waals surface area contributed by atoms with E-state index >= 15 is 0 Å². The van der Waals surface area contributed by atoms with Crippen LogP contribution in [0.3, 0.4) is 0 Å². The van der Waals surface area contributed by atoms with Crippen LogP contribution < -0.4 is 5.73 Å². The van der Waals surface area contributed by atoms with Gasteiger partial charge in [-0.15, -0.1) is 0 Å². The van der Waals surface area contributed by atoms with Crippen molar-refractivity contribution in [2.24, 2.45) is 0 Å². The maximum absolute atomic E-state index is 13.0. The number of carbonyl (C=O) groups excluding carboxylic acids is 1. The summed E-state index contributed by atoms with van der Waals surface area (Å²) in [7, 11) is 0. The number of halogens is 1. The first-order valence-electron chi connectivity index (χ1n) is 10.6. The Kier molecular flexibility index (Phi) is 6.90. The monoisotopic (exact) mass is 461 g/mol. The molecule has 2 heterocycles. The average molecular weight is 462 g/mol. The van der Waals surface area contributed by atoms with E-state index in [1.54, 1.807) is 29.2 Å². The number of aromatic nitrogens is 1. The molecule has 33 heavy (non-hydrogen) atoms. The maximum atomic E-state index is 13.0. The number of piperazine rings is 1. The Hall–Kier alpha value is -3.44. The minimum atomic E-state index is -0.330. The number of hydrogen-bond acceptors (Lipinski definition) is 6.